The lowest BCUT2D eigenvalue weighted by Gasteiger charge is -2.10. The molecule has 7 heteroatoms. The van der Waals surface area contributed by atoms with Gasteiger partial charge in [-0.15, -0.1) is 5.10 Å². The predicted molar refractivity (Wildman–Crippen MR) is 143 cm³/mol. The molecule has 0 saturated carbocycles. The molecule has 3 heterocycles. The summed E-state index contributed by atoms with van der Waals surface area (Å²) in [5, 5.41) is 8.03. The number of nitrogens with zero attached hydrogens (tertiary/aromatic N) is 3. The average Bonchev–Trinajstić information content (AvgIpc) is 3.35. The fraction of sp³-hybridized carbons (Fsp3) is 0.200. The number of aromatic nitrogens is 3. The van der Waals surface area contributed by atoms with Gasteiger partial charge in [0.05, 0.1) is 7.11 Å². The normalized spacial score (nSPS) is 12.8. The van der Waals surface area contributed by atoms with E-state index in [9.17, 15) is 4.79 Å². The van der Waals surface area contributed by atoms with E-state index in [-0.39, 0.29) is 5.91 Å². The molecule has 1 aliphatic heterocycles. The van der Waals surface area contributed by atoms with Gasteiger partial charge in [-0.1, -0.05) is 48.5 Å². The molecule has 1 aliphatic rings. The molecule has 0 saturated heterocycles. The Morgan fingerprint density at radius 3 is 2.38 bits per heavy atom. The van der Waals surface area contributed by atoms with Gasteiger partial charge in [0.1, 0.15) is 29.4 Å². The molecule has 1 amide bonds. The zero-order valence-corrected chi connectivity index (χ0v) is 20.7. The van der Waals surface area contributed by atoms with Gasteiger partial charge in [-0.3, -0.25) is 4.79 Å². The highest BCUT2D eigenvalue weighted by atomic mass is 16.5. The van der Waals surface area contributed by atoms with Crippen LogP contribution in [0.15, 0.2) is 84.9 Å². The number of amides is 1. The van der Waals surface area contributed by atoms with Crippen molar-refractivity contribution in [3.05, 3.63) is 102 Å². The molecule has 7 nitrogen and oxygen atoms in total. The van der Waals surface area contributed by atoms with Crippen LogP contribution >= 0.6 is 0 Å². The fourth-order valence-electron chi connectivity index (χ4n) is 5.07. The maximum atomic E-state index is 13.8. The van der Waals surface area contributed by atoms with Crippen LogP contribution in [0.3, 0.4) is 0 Å². The molecule has 37 heavy (non-hydrogen) atoms. The molecule has 0 spiro atoms. The summed E-state index contributed by atoms with van der Waals surface area (Å²) in [6.45, 7) is 1.15. The van der Waals surface area contributed by atoms with E-state index in [4.69, 9.17) is 14.6 Å². The predicted octanol–water partition coefficient (Wildman–Crippen LogP) is 5.98. The van der Waals surface area contributed by atoms with Crippen LogP contribution in [0, 0.1) is 0 Å². The summed E-state index contributed by atoms with van der Waals surface area (Å²) in [5.41, 5.74) is 5.26. The van der Waals surface area contributed by atoms with Crippen molar-refractivity contribution in [2.45, 2.75) is 32.4 Å². The molecule has 2 aromatic heterocycles. The summed E-state index contributed by atoms with van der Waals surface area (Å²) in [6, 6.07) is 27.1. The second-order valence-corrected chi connectivity index (χ2v) is 9.11. The van der Waals surface area contributed by atoms with Crippen LogP contribution in [0.4, 0.5) is 5.69 Å². The lowest BCUT2D eigenvalue weighted by molar-refractivity contribution is 0.102. The van der Waals surface area contributed by atoms with E-state index in [1.807, 2.05) is 89.4 Å². The van der Waals surface area contributed by atoms with Gasteiger partial charge >= 0.3 is 0 Å². The standard InChI is InChI=1S/C30H28N4O3/c1-36-23-17-15-21(16-18-23)27-25-14-8-9-19-33-26(20-37-24-12-6-3-7-13-24)32-34(30(25)33)28(27)29(35)31-22-10-4-2-5-11-22/h2-7,10-13,15-18H,8-9,14,19-20H2,1H3,(H,31,35). The molecule has 186 valence electrons. The highest BCUT2D eigenvalue weighted by Crippen LogP contribution is 2.37. The van der Waals surface area contributed by atoms with Crippen LogP contribution in [-0.2, 0) is 19.6 Å². The fourth-order valence-corrected chi connectivity index (χ4v) is 5.07. The number of methoxy groups -OCH3 is 1. The van der Waals surface area contributed by atoms with Gasteiger partial charge in [0, 0.05) is 23.4 Å². The summed E-state index contributed by atoms with van der Waals surface area (Å²) in [5.74, 6) is 2.17. The van der Waals surface area contributed by atoms with E-state index < -0.39 is 0 Å². The Morgan fingerprint density at radius 2 is 1.65 bits per heavy atom. The van der Waals surface area contributed by atoms with Crippen LogP contribution in [0.5, 0.6) is 11.5 Å². The molecule has 0 fully saturated rings. The smallest absolute Gasteiger partial charge is 0.275 e. The molecule has 6 rings (SSSR count). The van der Waals surface area contributed by atoms with E-state index in [1.165, 1.54) is 0 Å². The lowest BCUT2D eigenvalue weighted by Crippen LogP contribution is -2.16. The van der Waals surface area contributed by atoms with Crippen molar-refractivity contribution >= 4 is 17.2 Å². The van der Waals surface area contributed by atoms with Crippen LogP contribution < -0.4 is 14.8 Å². The Labute approximate surface area is 215 Å². The maximum Gasteiger partial charge on any atom is 0.275 e. The average molecular weight is 493 g/mol. The minimum atomic E-state index is -0.195. The highest BCUT2D eigenvalue weighted by Gasteiger charge is 2.30. The molecular weight excluding hydrogens is 464 g/mol. The second-order valence-electron chi connectivity index (χ2n) is 9.11. The third-order valence-electron chi connectivity index (χ3n) is 6.80. The molecule has 3 aromatic carbocycles. The number of hydrogen-bond acceptors (Lipinski definition) is 4. The van der Waals surface area contributed by atoms with Gasteiger partial charge in [-0.25, -0.2) is 4.52 Å². The summed E-state index contributed by atoms with van der Waals surface area (Å²) < 4.78 is 15.5. The number of carbonyl (C=O) groups excluding carboxylic acids is 1. The van der Waals surface area contributed by atoms with Crippen LogP contribution in [0.1, 0.15) is 34.7 Å². The zero-order chi connectivity index (χ0) is 25.2. The Morgan fingerprint density at radius 1 is 0.919 bits per heavy atom. The van der Waals surface area contributed by atoms with Crippen molar-refractivity contribution in [3.8, 4) is 22.6 Å². The van der Waals surface area contributed by atoms with E-state index in [0.29, 0.717) is 12.3 Å². The number of nitrogens with one attached hydrogen (secondary N) is 1. The Kier molecular flexibility index (Phi) is 6.10. The Bertz CT molecular complexity index is 1540. The molecule has 0 atom stereocenters. The van der Waals surface area contributed by atoms with Crippen molar-refractivity contribution in [1.29, 1.82) is 0 Å². The number of hydrogen-bond donors (Lipinski definition) is 1. The third kappa shape index (κ3) is 4.33. The van der Waals surface area contributed by atoms with Gasteiger partial charge in [0.2, 0.25) is 0 Å². The summed E-state index contributed by atoms with van der Waals surface area (Å²) >= 11 is 0. The number of anilines is 1. The van der Waals surface area contributed by atoms with Crippen LogP contribution in [0.25, 0.3) is 16.8 Å². The van der Waals surface area contributed by atoms with E-state index >= 15 is 0 Å². The number of benzene rings is 3. The molecule has 5 aromatic rings. The monoisotopic (exact) mass is 492 g/mol. The molecule has 0 unspecified atom stereocenters. The van der Waals surface area contributed by atoms with Crippen LogP contribution in [-0.4, -0.2) is 27.2 Å². The van der Waals surface area contributed by atoms with E-state index in [0.717, 1.165) is 71.2 Å². The van der Waals surface area contributed by atoms with Crippen molar-refractivity contribution < 1.29 is 14.3 Å². The SMILES string of the molecule is COc1ccc(-c2c3c4n(c(COc5ccccc5)nn4c2C(=O)Nc2ccccc2)CCCC3)cc1. The van der Waals surface area contributed by atoms with Gasteiger partial charge in [-0.05, 0) is 61.2 Å². The number of para-hydroxylation sites is 2. The van der Waals surface area contributed by atoms with Gasteiger partial charge < -0.3 is 19.4 Å². The maximum absolute atomic E-state index is 13.8. The van der Waals surface area contributed by atoms with Crippen molar-refractivity contribution in [1.82, 2.24) is 14.2 Å². The van der Waals surface area contributed by atoms with Crippen LogP contribution in [0.2, 0.25) is 0 Å². The molecular formula is C30H28N4O3. The number of ether oxygens (including phenoxy) is 2. The third-order valence-corrected chi connectivity index (χ3v) is 6.80. The van der Waals surface area contributed by atoms with Gasteiger partial charge in [0.15, 0.2) is 5.82 Å². The molecule has 0 radical (unpaired) electrons. The Balaban J connectivity index is 1.50. The first-order valence-electron chi connectivity index (χ1n) is 12.5. The largest absolute Gasteiger partial charge is 0.497 e. The Hall–Kier alpha value is -4.52. The van der Waals surface area contributed by atoms with Crippen molar-refractivity contribution in [2.75, 3.05) is 12.4 Å². The summed E-state index contributed by atoms with van der Waals surface area (Å²) in [4.78, 5) is 13.8. The summed E-state index contributed by atoms with van der Waals surface area (Å²) in [6.07, 6.45) is 2.93. The van der Waals surface area contributed by atoms with Gasteiger partial charge in [0.25, 0.3) is 5.91 Å². The van der Waals surface area contributed by atoms with E-state index in [2.05, 4.69) is 9.88 Å². The first-order chi connectivity index (χ1) is 18.2. The highest BCUT2D eigenvalue weighted by molar-refractivity contribution is 6.09. The minimum absolute atomic E-state index is 0.195. The molecule has 1 N–H and O–H groups in total. The number of rotatable bonds is 7. The summed E-state index contributed by atoms with van der Waals surface area (Å²) in [7, 11) is 1.65. The molecule has 0 bridgehead atoms. The van der Waals surface area contributed by atoms with Crippen molar-refractivity contribution in [2.24, 2.45) is 0 Å². The quantitative estimate of drug-likeness (QED) is 0.304. The number of carbonyl (C=O) groups is 1. The first kappa shape index (κ1) is 22.9. The first-order valence-corrected chi connectivity index (χ1v) is 12.5. The van der Waals surface area contributed by atoms with Crippen molar-refractivity contribution in [3.63, 3.8) is 0 Å². The molecule has 0 aliphatic carbocycles. The number of aryl methyl sites for hydroxylation is 2. The zero-order valence-electron chi connectivity index (χ0n) is 20.7. The van der Waals surface area contributed by atoms with Gasteiger partial charge in [-0.2, -0.15) is 0 Å². The van der Waals surface area contributed by atoms with E-state index in [1.54, 1.807) is 7.11 Å². The lowest BCUT2D eigenvalue weighted by atomic mass is 9.97. The topological polar surface area (TPSA) is 69.8 Å². The minimum Gasteiger partial charge on any atom is -0.497 e. The second kappa shape index (κ2) is 9.85.